The zero-order valence-corrected chi connectivity index (χ0v) is 8.25. The zero-order chi connectivity index (χ0) is 9.31. The predicted octanol–water partition coefficient (Wildman–Crippen LogP) is 0.526. The van der Waals surface area contributed by atoms with Crippen molar-refractivity contribution in [1.82, 2.24) is 5.32 Å². The minimum Gasteiger partial charge on any atom is -0.390 e. The van der Waals surface area contributed by atoms with Gasteiger partial charge < -0.3 is 15.2 Å². The molecule has 0 amide bonds. The van der Waals surface area contributed by atoms with E-state index < -0.39 is 5.60 Å². The first kappa shape index (κ1) is 9.44. The van der Waals surface area contributed by atoms with E-state index in [9.17, 15) is 5.11 Å². The van der Waals surface area contributed by atoms with Gasteiger partial charge in [0, 0.05) is 12.6 Å². The molecule has 0 spiro atoms. The molecule has 1 aliphatic heterocycles. The highest BCUT2D eigenvalue weighted by atomic mass is 16.5. The molecule has 2 N–H and O–H groups in total. The second-order valence-electron chi connectivity index (χ2n) is 4.56. The lowest BCUT2D eigenvalue weighted by atomic mass is 9.92. The molecule has 1 heterocycles. The quantitative estimate of drug-likeness (QED) is 0.674. The van der Waals surface area contributed by atoms with Crippen LogP contribution in [0, 0.1) is 5.92 Å². The SMILES string of the molecule is CC(O)(CC1COCCN1)C1CC1. The van der Waals surface area contributed by atoms with Crippen molar-refractivity contribution in [3.63, 3.8) is 0 Å². The van der Waals surface area contributed by atoms with Gasteiger partial charge in [0.2, 0.25) is 0 Å². The number of hydrogen-bond acceptors (Lipinski definition) is 3. The van der Waals surface area contributed by atoms with Crippen LogP contribution in [-0.2, 0) is 4.74 Å². The van der Waals surface area contributed by atoms with Gasteiger partial charge in [0.25, 0.3) is 0 Å². The average Bonchev–Trinajstić information content (AvgIpc) is 2.87. The molecule has 0 radical (unpaired) electrons. The van der Waals surface area contributed by atoms with Crippen molar-refractivity contribution in [3.05, 3.63) is 0 Å². The average molecular weight is 185 g/mol. The van der Waals surface area contributed by atoms with Crippen LogP contribution in [0.3, 0.4) is 0 Å². The van der Waals surface area contributed by atoms with Crippen LogP contribution in [0.5, 0.6) is 0 Å². The molecule has 0 aromatic heterocycles. The lowest BCUT2D eigenvalue weighted by Gasteiger charge is -2.31. The molecule has 0 aromatic carbocycles. The Bertz CT molecular complexity index is 172. The third-order valence-electron chi connectivity index (χ3n) is 3.11. The standard InChI is InChI=1S/C10H19NO2/c1-10(12,8-2-3-8)6-9-7-13-5-4-11-9/h8-9,11-12H,2-7H2,1H3. The summed E-state index contributed by atoms with van der Waals surface area (Å²) in [5, 5.41) is 13.5. The second-order valence-corrected chi connectivity index (χ2v) is 4.56. The topological polar surface area (TPSA) is 41.5 Å². The van der Waals surface area contributed by atoms with Gasteiger partial charge in [-0.3, -0.25) is 0 Å². The van der Waals surface area contributed by atoms with E-state index in [0.29, 0.717) is 12.0 Å². The van der Waals surface area contributed by atoms with Gasteiger partial charge in [-0.15, -0.1) is 0 Å². The van der Waals surface area contributed by atoms with Gasteiger partial charge in [-0.05, 0) is 32.1 Å². The van der Waals surface area contributed by atoms with Crippen molar-refractivity contribution in [2.75, 3.05) is 19.8 Å². The smallest absolute Gasteiger partial charge is 0.0663 e. The Balaban J connectivity index is 1.80. The lowest BCUT2D eigenvalue weighted by Crippen LogP contribution is -2.46. The zero-order valence-electron chi connectivity index (χ0n) is 8.25. The van der Waals surface area contributed by atoms with E-state index in [1.54, 1.807) is 0 Å². The molecule has 3 nitrogen and oxygen atoms in total. The molecule has 1 saturated heterocycles. The van der Waals surface area contributed by atoms with E-state index in [4.69, 9.17) is 4.74 Å². The number of ether oxygens (including phenoxy) is 1. The van der Waals surface area contributed by atoms with Crippen LogP contribution < -0.4 is 5.32 Å². The van der Waals surface area contributed by atoms with E-state index in [2.05, 4.69) is 5.32 Å². The maximum Gasteiger partial charge on any atom is 0.0663 e. The van der Waals surface area contributed by atoms with Crippen LogP contribution in [0.2, 0.25) is 0 Å². The van der Waals surface area contributed by atoms with Crippen LogP contribution in [0.15, 0.2) is 0 Å². The summed E-state index contributed by atoms with van der Waals surface area (Å²) in [5.41, 5.74) is -0.474. The third kappa shape index (κ3) is 2.42. The largest absolute Gasteiger partial charge is 0.390 e. The second kappa shape index (κ2) is 3.56. The Morgan fingerprint density at radius 2 is 2.31 bits per heavy atom. The summed E-state index contributed by atoms with van der Waals surface area (Å²) in [6, 6.07) is 0.351. The van der Waals surface area contributed by atoms with Crippen LogP contribution in [0.25, 0.3) is 0 Å². The Kier molecular flexibility index (Phi) is 2.58. The fourth-order valence-electron chi connectivity index (χ4n) is 2.12. The normalized spacial score (nSPS) is 34.2. The number of aliphatic hydroxyl groups is 1. The summed E-state index contributed by atoms with van der Waals surface area (Å²) in [6.45, 7) is 4.44. The summed E-state index contributed by atoms with van der Waals surface area (Å²) >= 11 is 0. The molecule has 13 heavy (non-hydrogen) atoms. The highest BCUT2D eigenvalue weighted by Crippen LogP contribution is 2.41. The van der Waals surface area contributed by atoms with E-state index >= 15 is 0 Å². The molecule has 2 unspecified atom stereocenters. The van der Waals surface area contributed by atoms with Crippen molar-refractivity contribution in [2.45, 2.75) is 37.8 Å². The minimum absolute atomic E-state index is 0.351. The summed E-state index contributed by atoms with van der Waals surface area (Å²) in [6.07, 6.45) is 3.22. The van der Waals surface area contributed by atoms with Crippen molar-refractivity contribution in [3.8, 4) is 0 Å². The van der Waals surface area contributed by atoms with Gasteiger partial charge in [-0.1, -0.05) is 0 Å². The first-order valence-corrected chi connectivity index (χ1v) is 5.22. The van der Waals surface area contributed by atoms with E-state index in [1.807, 2.05) is 6.92 Å². The van der Waals surface area contributed by atoms with Crippen molar-refractivity contribution in [1.29, 1.82) is 0 Å². The monoisotopic (exact) mass is 185 g/mol. The summed E-state index contributed by atoms with van der Waals surface area (Å²) in [4.78, 5) is 0. The van der Waals surface area contributed by atoms with E-state index in [1.165, 1.54) is 12.8 Å². The molecule has 0 bridgehead atoms. The van der Waals surface area contributed by atoms with Gasteiger partial charge in [-0.2, -0.15) is 0 Å². The summed E-state index contributed by atoms with van der Waals surface area (Å²) < 4.78 is 5.35. The Morgan fingerprint density at radius 1 is 1.54 bits per heavy atom. The Labute approximate surface area is 79.5 Å². The minimum atomic E-state index is -0.474. The number of nitrogens with one attached hydrogen (secondary N) is 1. The third-order valence-corrected chi connectivity index (χ3v) is 3.11. The molecule has 2 fully saturated rings. The molecule has 0 aromatic rings. The molecule has 76 valence electrons. The van der Waals surface area contributed by atoms with Gasteiger partial charge in [0.15, 0.2) is 0 Å². The number of morpholine rings is 1. The predicted molar refractivity (Wildman–Crippen MR) is 50.6 cm³/mol. The van der Waals surface area contributed by atoms with Gasteiger partial charge in [-0.25, -0.2) is 0 Å². The summed E-state index contributed by atoms with van der Waals surface area (Å²) in [5.74, 6) is 0.538. The van der Waals surface area contributed by atoms with Gasteiger partial charge in [0.1, 0.15) is 0 Å². The Hall–Kier alpha value is -0.120. The van der Waals surface area contributed by atoms with Gasteiger partial charge in [0.05, 0.1) is 18.8 Å². The van der Waals surface area contributed by atoms with Crippen LogP contribution in [0.4, 0.5) is 0 Å². The highest BCUT2D eigenvalue weighted by molar-refractivity contribution is 4.94. The maximum absolute atomic E-state index is 10.1. The highest BCUT2D eigenvalue weighted by Gasteiger charge is 2.41. The first-order valence-electron chi connectivity index (χ1n) is 5.22. The van der Waals surface area contributed by atoms with E-state index in [0.717, 1.165) is 26.2 Å². The molecule has 1 aliphatic carbocycles. The van der Waals surface area contributed by atoms with E-state index in [-0.39, 0.29) is 0 Å². The molecule has 1 saturated carbocycles. The molecule has 2 atom stereocenters. The maximum atomic E-state index is 10.1. The van der Waals surface area contributed by atoms with Crippen LogP contribution in [-0.4, -0.2) is 36.5 Å². The van der Waals surface area contributed by atoms with Crippen molar-refractivity contribution >= 4 is 0 Å². The fourth-order valence-corrected chi connectivity index (χ4v) is 2.12. The van der Waals surface area contributed by atoms with Crippen LogP contribution in [0.1, 0.15) is 26.2 Å². The molecule has 2 rings (SSSR count). The molecular formula is C10H19NO2. The number of rotatable bonds is 3. The lowest BCUT2D eigenvalue weighted by molar-refractivity contribution is -0.00828. The molecule has 3 heteroatoms. The number of hydrogen-bond donors (Lipinski definition) is 2. The molecular weight excluding hydrogens is 166 g/mol. The van der Waals surface area contributed by atoms with Crippen LogP contribution >= 0.6 is 0 Å². The summed E-state index contributed by atoms with van der Waals surface area (Å²) in [7, 11) is 0. The first-order chi connectivity index (χ1) is 6.18. The van der Waals surface area contributed by atoms with Crippen molar-refractivity contribution in [2.24, 2.45) is 5.92 Å². The molecule has 2 aliphatic rings. The fraction of sp³-hybridized carbons (Fsp3) is 1.00. The van der Waals surface area contributed by atoms with Crippen molar-refractivity contribution < 1.29 is 9.84 Å². The van der Waals surface area contributed by atoms with Gasteiger partial charge >= 0.3 is 0 Å². The Morgan fingerprint density at radius 3 is 2.85 bits per heavy atom.